The van der Waals surface area contributed by atoms with Gasteiger partial charge in [-0.1, -0.05) is 84.9 Å². The van der Waals surface area contributed by atoms with Crippen molar-refractivity contribution in [3.05, 3.63) is 168 Å². The zero-order valence-electron chi connectivity index (χ0n) is 30.5. The third kappa shape index (κ3) is 4.13. The lowest BCUT2D eigenvalue weighted by Gasteiger charge is -2.19. The summed E-state index contributed by atoms with van der Waals surface area (Å²) < 4.78 is 17.1. The molecule has 0 saturated heterocycles. The second-order valence-electron chi connectivity index (χ2n) is 14.5. The van der Waals surface area contributed by atoms with Gasteiger partial charge in [0.05, 0.1) is 60.9 Å². The van der Waals surface area contributed by atoms with E-state index >= 15 is 0 Å². The van der Waals surface area contributed by atoms with E-state index in [1.54, 1.807) is 12.1 Å². The van der Waals surface area contributed by atoms with Crippen LogP contribution in [0.25, 0.3) is 110 Å². The van der Waals surface area contributed by atoms with Gasteiger partial charge in [0.25, 0.3) is 0 Å². The minimum Gasteiger partial charge on any atom is -0.456 e. The molecular weight excluding hydrogens is 715 g/mol. The Kier molecular flexibility index (Phi) is 6.41. The summed E-state index contributed by atoms with van der Waals surface area (Å²) in [5.74, 6) is 0. The first-order chi connectivity index (χ1) is 28.7. The predicted octanol–water partition coefficient (Wildman–Crippen LogP) is 13.0. The van der Waals surface area contributed by atoms with Crippen molar-refractivity contribution >= 4 is 87.5 Å². The van der Waals surface area contributed by atoms with E-state index in [0.717, 1.165) is 87.5 Å². The highest BCUT2D eigenvalue weighted by Gasteiger charge is 2.26. The van der Waals surface area contributed by atoms with Gasteiger partial charge in [-0.3, -0.25) is 0 Å². The lowest BCUT2D eigenvalue weighted by atomic mass is 9.93. The molecule has 12 aromatic rings. The molecule has 4 aromatic heterocycles. The van der Waals surface area contributed by atoms with Crippen LogP contribution >= 0.6 is 0 Å². The summed E-state index contributed by atoms with van der Waals surface area (Å²) in [6.07, 6.45) is 0. The minimum absolute atomic E-state index is 0.221. The molecule has 266 valence electrons. The number of hydrogen-bond donors (Lipinski definition) is 0. The Balaban J connectivity index is 1.24. The van der Waals surface area contributed by atoms with Gasteiger partial charge in [0.15, 0.2) is 0 Å². The van der Waals surface area contributed by atoms with Crippen LogP contribution in [0.2, 0.25) is 0 Å². The molecule has 4 heterocycles. The SMILES string of the molecule is N#Cc1cc(-c2cccc(-n3c4ccccc4c4ccc5oc6ccccc6c5c43)c2C#N)c(-n2c3ccccc3c3ccc4oc5ccccc5c4c32)cc1C#N. The number of nitrogens with zero attached hydrogens (tertiary/aromatic N) is 5. The van der Waals surface area contributed by atoms with Gasteiger partial charge >= 0.3 is 0 Å². The monoisotopic (exact) mass is 739 g/mol. The maximum absolute atomic E-state index is 11.4. The van der Waals surface area contributed by atoms with Crippen molar-refractivity contribution in [3.8, 4) is 40.7 Å². The van der Waals surface area contributed by atoms with Crippen LogP contribution in [0.1, 0.15) is 16.7 Å². The Bertz CT molecular complexity index is 3910. The molecule has 0 bridgehead atoms. The van der Waals surface area contributed by atoms with Gasteiger partial charge in [-0.2, -0.15) is 15.8 Å². The number of rotatable bonds is 3. The molecule has 0 aliphatic carbocycles. The first-order valence-electron chi connectivity index (χ1n) is 18.9. The number of fused-ring (bicyclic) bond motifs is 14. The Labute approximate surface area is 329 Å². The van der Waals surface area contributed by atoms with Crippen LogP contribution in [-0.2, 0) is 0 Å². The summed E-state index contributed by atoms with van der Waals surface area (Å²) >= 11 is 0. The Morgan fingerprint density at radius 3 is 1.43 bits per heavy atom. The van der Waals surface area contributed by atoms with Gasteiger partial charge in [-0.15, -0.1) is 0 Å². The predicted molar refractivity (Wildman–Crippen MR) is 229 cm³/mol. The molecule has 8 aromatic carbocycles. The number of nitriles is 3. The highest BCUT2D eigenvalue weighted by Crippen LogP contribution is 2.46. The van der Waals surface area contributed by atoms with Gasteiger partial charge in [0.2, 0.25) is 0 Å². The zero-order chi connectivity index (χ0) is 38.6. The molecular formula is C51H25N5O2. The molecule has 0 amide bonds. The van der Waals surface area contributed by atoms with Crippen molar-refractivity contribution < 1.29 is 8.83 Å². The number of hydrogen-bond acceptors (Lipinski definition) is 5. The van der Waals surface area contributed by atoms with Crippen LogP contribution in [0.3, 0.4) is 0 Å². The summed E-state index contributed by atoms with van der Waals surface area (Å²) in [7, 11) is 0. The van der Waals surface area contributed by atoms with E-state index in [1.807, 2.05) is 91.0 Å². The van der Waals surface area contributed by atoms with Crippen LogP contribution in [0.15, 0.2) is 160 Å². The van der Waals surface area contributed by atoms with Crippen molar-refractivity contribution in [2.45, 2.75) is 0 Å². The van der Waals surface area contributed by atoms with Gasteiger partial charge in [0, 0.05) is 43.4 Å². The van der Waals surface area contributed by atoms with Crippen molar-refractivity contribution in [1.82, 2.24) is 9.13 Å². The molecule has 0 aliphatic heterocycles. The van der Waals surface area contributed by atoms with E-state index in [1.165, 1.54) is 0 Å². The average Bonchev–Trinajstić information content (AvgIpc) is 4.03. The van der Waals surface area contributed by atoms with Gasteiger partial charge in [-0.25, -0.2) is 0 Å². The molecule has 0 saturated carbocycles. The fraction of sp³-hybridized carbons (Fsp3) is 0. The lowest BCUT2D eigenvalue weighted by molar-refractivity contribution is 0.669. The third-order valence-corrected chi connectivity index (χ3v) is 11.7. The molecule has 7 nitrogen and oxygen atoms in total. The molecule has 7 heteroatoms. The summed E-state index contributed by atoms with van der Waals surface area (Å²) in [6.45, 7) is 0. The first-order valence-corrected chi connectivity index (χ1v) is 18.9. The molecule has 0 radical (unpaired) electrons. The first kappa shape index (κ1) is 31.7. The molecule has 0 atom stereocenters. The summed E-state index contributed by atoms with van der Waals surface area (Å²) in [5, 5.41) is 40.2. The van der Waals surface area contributed by atoms with Crippen molar-refractivity contribution in [3.63, 3.8) is 0 Å². The molecule has 12 rings (SSSR count). The molecule has 0 unspecified atom stereocenters. The zero-order valence-corrected chi connectivity index (χ0v) is 30.5. The highest BCUT2D eigenvalue weighted by atomic mass is 16.3. The second-order valence-corrected chi connectivity index (χ2v) is 14.5. The molecule has 0 fully saturated rings. The van der Waals surface area contributed by atoms with Gasteiger partial charge in [-0.05, 0) is 66.7 Å². The van der Waals surface area contributed by atoms with Crippen molar-refractivity contribution in [1.29, 1.82) is 15.8 Å². The number of furan rings is 2. The van der Waals surface area contributed by atoms with Crippen LogP contribution in [0.5, 0.6) is 0 Å². The fourth-order valence-corrected chi connectivity index (χ4v) is 9.27. The van der Waals surface area contributed by atoms with E-state index in [4.69, 9.17) is 8.83 Å². The number of para-hydroxylation sites is 4. The Hall–Kier alpha value is -8.57. The highest BCUT2D eigenvalue weighted by molar-refractivity contribution is 6.26. The number of benzene rings is 8. The fourth-order valence-electron chi connectivity index (χ4n) is 9.27. The normalized spacial score (nSPS) is 11.7. The van der Waals surface area contributed by atoms with E-state index in [9.17, 15) is 15.8 Å². The van der Waals surface area contributed by atoms with Crippen LogP contribution < -0.4 is 0 Å². The second kappa shape index (κ2) is 11.7. The molecule has 58 heavy (non-hydrogen) atoms. The largest absolute Gasteiger partial charge is 0.456 e. The molecule has 0 spiro atoms. The maximum Gasteiger partial charge on any atom is 0.137 e. The summed E-state index contributed by atoms with van der Waals surface area (Å²) in [6, 6.07) is 57.2. The van der Waals surface area contributed by atoms with E-state index in [0.29, 0.717) is 28.1 Å². The van der Waals surface area contributed by atoms with Crippen molar-refractivity contribution in [2.24, 2.45) is 0 Å². The quantitative estimate of drug-likeness (QED) is 0.179. The smallest absolute Gasteiger partial charge is 0.137 e. The maximum atomic E-state index is 11.4. The van der Waals surface area contributed by atoms with Crippen molar-refractivity contribution in [2.75, 3.05) is 0 Å². The number of aromatic nitrogens is 2. The van der Waals surface area contributed by atoms with E-state index in [-0.39, 0.29) is 11.1 Å². The van der Waals surface area contributed by atoms with Crippen LogP contribution in [0, 0.1) is 34.0 Å². The average molecular weight is 740 g/mol. The standard InChI is InChI=1S/C51H25N5O2/c52-26-29-24-38(43(25-30(29)27-53)56-41-16-6-2-11-33(41)35-21-23-47-49(51(35)56)37-13-4-8-19-45(37)58-47)31-14-9-17-42(39(31)28-54)55-40-15-5-1-10-32(40)34-20-22-46-48(50(34)55)36-12-3-7-18-44(36)57-46/h1-25H. The van der Waals surface area contributed by atoms with E-state index in [2.05, 4.69) is 75.9 Å². The minimum atomic E-state index is 0.221. The molecule has 0 N–H and O–H groups in total. The summed E-state index contributed by atoms with van der Waals surface area (Å²) in [5.41, 5.74) is 10.2. The van der Waals surface area contributed by atoms with Gasteiger partial charge in [0.1, 0.15) is 40.5 Å². The molecule has 0 aliphatic rings. The third-order valence-electron chi connectivity index (χ3n) is 11.7. The Morgan fingerprint density at radius 2 is 0.879 bits per heavy atom. The van der Waals surface area contributed by atoms with Gasteiger partial charge < -0.3 is 18.0 Å². The van der Waals surface area contributed by atoms with E-state index < -0.39 is 0 Å². The van der Waals surface area contributed by atoms with Crippen LogP contribution in [-0.4, -0.2) is 9.13 Å². The topological polar surface area (TPSA) is 108 Å². The van der Waals surface area contributed by atoms with Crippen LogP contribution in [0.4, 0.5) is 0 Å². The Morgan fingerprint density at radius 1 is 0.379 bits per heavy atom. The lowest BCUT2D eigenvalue weighted by Crippen LogP contribution is -2.04. The summed E-state index contributed by atoms with van der Waals surface area (Å²) in [4.78, 5) is 0.